The second-order valence-electron chi connectivity index (χ2n) is 4.85. The minimum Gasteiger partial charge on any atom is -0.364 e. The zero-order valence-electron chi connectivity index (χ0n) is 13.3. The molecule has 2 rings (SSSR count). The molecule has 0 unspecified atom stereocenters. The van der Waals surface area contributed by atoms with Gasteiger partial charge in [-0.15, -0.1) is 0 Å². The van der Waals surface area contributed by atoms with Crippen molar-refractivity contribution < 1.29 is 4.92 Å². The van der Waals surface area contributed by atoms with Crippen LogP contribution in [-0.4, -0.2) is 30.3 Å². The van der Waals surface area contributed by atoms with Crippen LogP contribution in [-0.2, 0) is 0 Å². The first kappa shape index (κ1) is 17.4. The molecule has 124 valence electrons. The number of thiocarbonyl (C=S) groups is 1. The Morgan fingerprint density at radius 3 is 2.62 bits per heavy atom. The lowest BCUT2D eigenvalue weighted by Gasteiger charge is -2.19. The number of anilines is 2. The second kappa shape index (κ2) is 8.02. The highest BCUT2D eigenvalue weighted by Gasteiger charge is 2.18. The predicted molar refractivity (Wildman–Crippen MR) is 100.0 cm³/mol. The summed E-state index contributed by atoms with van der Waals surface area (Å²) >= 11 is 4.90. The Morgan fingerprint density at radius 1 is 1.29 bits per heavy atom. The molecule has 0 heterocycles. The van der Waals surface area contributed by atoms with Gasteiger partial charge in [0.15, 0.2) is 5.11 Å². The lowest BCUT2D eigenvalue weighted by atomic mass is 10.1. The molecule has 0 saturated carbocycles. The zero-order chi connectivity index (χ0) is 17.5. The number of nitro groups is 1. The molecule has 2 aromatic carbocycles. The van der Waals surface area contributed by atoms with Gasteiger partial charge in [-0.2, -0.15) is 5.10 Å². The van der Waals surface area contributed by atoms with Gasteiger partial charge in [0.05, 0.1) is 11.1 Å². The number of benzene rings is 2. The van der Waals surface area contributed by atoms with Gasteiger partial charge in [-0.25, -0.2) is 0 Å². The third-order valence-corrected chi connectivity index (χ3v) is 3.60. The van der Waals surface area contributed by atoms with Gasteiger partial charge in [0.25, 0.3) is 5.69 Å². The molecule has 0 spiro atoms. The Morgan fingerprint density at radius 2 is 2.00 bits per heavy atom. The third-order valence-electron chi connectivity index (χ3n) is 3.31. The van der Waals surface area contributed by atoms with Crippen LogP contribution in [0.5, 0.6) is 0 Å². The maximum Gasteiger partial charge on any atom is 0.293 e. The normalized spacial score (nSPS) is 10.4. The molecule has 0 amide bonds. The summed E-state index contributed by atoms with van der Waals surface area (Å²) in [5.41, 5.74) is 4.57. The average molecular weight is 343 g/mol. The Bertz CT molecular complexity index is 764. The van der Waals surface area contributed by atoms with Gasteiger partial charge in [0.1, 0.15) is 5.69 Å². The Balaban J connectivity index is 2.30. The van der Waals surface area contributed by atoms with Crippen LogP contribution in [0.4, 0.5) is 17.1 Å². The van der Waals surface area contributed by atoms with E-state index < -0.39 is 4.92 Å². The number of hydrazone groups is 1. The molecule has 0 aliphatic rings. The molecule has 0 radical (unpaired) electrons. The molecular weight excluding hydrogens is 326 g/mol. The van der Waals surface area contributed by atoms with Gasteiger partial charge < -0.3 is 10.2 Å². The topological polar surface area (TPSA) is 82.8 Å². The van der Waals surface area contributed by atoms with E-state index in [0.717, 1.165) is 5.69 Å². The molecule has 0 bridgehead atoms. The highest BCUT2D eigenvalue weighted by atomic mass is 32.1. The largest absolute Gasteiger partial charge is 0.364 e. The maximum atomic E-state index is 11.4. The lowest BCUT2D eigenvalue weighted by Crippen LogP contribution is -2.28. The third kappa shape index (κ3) is 4.26. The van der Waals surface area contributed by atoms with Gasteiger partial charge in [-0.1, -0.05) is 24.3 Å². The van der Waals surface area contributed by atoms with Gasteiger partial charge in [-0.05, 0) is 30.4 Å². The SMILES string of the molecule is CNC(=S)N/N=C\c1ccc(N(C)c2ccccc2)c([N+](=O)[O-])c1. The fourth-order valence-corrected chi connectivity index (χ4v) is 2.12. The number of nitrogens with one attached hydrogen (secondary N) is 2. The molecule has 0 aliphatic carbocycles. The van der Waals surface area contributed by atoms with Crippen LogP contribution >= 0.6 is 12.2 Å². The summed E-state index contributed by atoms with van der Waals surface area (Å²) in [7, 11) is 3.46. The maximum absolute atomic E-state index is 11.4. The minimum atomic E-state index is -0.405. The van der Waals surface area contributed by atoms with Crippen molar-refractivity contribution in [3.05, 3.63) is 64.2 Å². The quantitative estimate of drug-likeness (QED) is 0.376. The highest BCUT2D eigenvalue weighted by Crippen LogP contribution is 2.32. The van der Waals surface area contributed by atoms with Crippen molar-refractivity contribution in [1.82, 2.24) is 10.7 Å². The standard InChI is InChI=1S/C16H17N5O2S/c1-17-16(24)19-18-11-12-8-9-14(15(10-12)21(22)23)20(2)13-6-4-3-5-7-13/h3-11H,1-2H3,(H2,17,19,24)/b18-11-. The van der Waals surface area contributed by atoms with Crippen LogP contribution < -0.4 is 15.6 Å². The van der Waals surface area contributed by atoms with Gasteiger partial charge >= 0.3 is 0 Å². The van der Waals surface area contributed by atoms with Crippen molar-refractivity contribution in [1.29, 1.82) is 0 Å². The van der Waals surface area contributed by atoms with E-state index in [4.69, 9.17) is 12.2 Å². The van der Waals surface area contributed by atoms with Crippen LogP contribution in [0.15, 0.2) is 53.6 Å². The molecule has 7 nitrogen and oxygen atoms in total. The molecule has 2 aromatic rings. The Kier molecular flexibility index (Phi) is 5.80. The van der Waals surface area contributed by atoms with E-state index in [2.05, 4.69) is 15.8 Å². The van der Waals surface area contributed by atoms with Gasteiger partial charge in [-0.3, -0.25) is 15.5 Å². The summed E-state index contributed by atoms with van der Waals surface area (Å²) < 4.78 is 0. The fourth-order valence-electron chi connectivity index (χ4n) is 2.06. The van der Waals surface area contributed by atoms with Crippen molar-refractivity contribution in [2.45, 2.75) is 0 Å². The predicted octanol–water partition coefficient (Wildman–Crippen LogP) is 2.79. The van der Waals surface area contributed by atoms with E-state index in [1.165, 1.54) is 12.3 Å². The summed E-state index contributed by atoms with van der Waals surface area (Å²) in [6.45, 7) is 0. The summed E-state index contributed by atoms with van der Waals surface area (Å²) in [6.07, 6.45) is 1.48. The second-order valence-corrected chi connectivity index (χ2v) is 5.26. The van der Waals surface area contributed by atoms with Crippen LogP contribution in [0, 0.1) is 10.1 Å². The van der Waals surface area contributed by atoms with Crippen LogP contribution in [0.1, 0.15) is 5.56 Å². The van der Waals surface area contributed by atoms with E-state index in [1.54, 1.807) is 31.1 Å². The molecule has 2 N–H and O–H groups in total. The minimum absolute atomic E-state index is 0.00139. The Labute approximate surface area is 145 Å². The summed E-state index contributed by atoms with van der Waals surface area (Å²) in [6, 6.07) is 14.4. The van der Waals surface area contributed by atoms with Crippen molar-refractivity contribution in [3.8, 4) is 0 Å². The first-order valence-electron chi connectivity index (χ1n) is 7.11. The molecule has 0 saturated heterocycles. The number of rotatable bonds is 5. The van der Waals surface area contributed by atoms with E-state index in [1.807, 2.05) is 30.3 Å². The lowest BCUT2D eigenvalue weighted by molar-refractivity contribution is -0.384. The summed E-state index contributed by atoms with van der Waals surface area (Å²) in [4.78, 5) is 12.8. The summed E-state index contributed by atoms with van der Waals surface area (Å²) in [5, 5.41) is 18.4. The van der Waals surface area contributed by atoms with Gasteiger partial charge in [0.2, 0.25) is 0 Å². The number of para-hydroxylation sites is 1. The molecule has 24 heavy (non-hydrogen) atoms. The number of hydrogen-bond donors (Lipinski definition) is 2. The van der Waals surface area contributed by atoms with E-state index in [0.29, 0.717) is 16.4 Å². The number of nitro benzene ring substituents is 1. The molecule has 0 aromatic heterocycles. The first-order valence-corrected chi connectivity index (χ1v) is 7.51. The molecule has 0 fully saturated rings. The average Bonchev–Trinajstić information content (AvgIpc) is 2.61. The van der Waals surface area contributed by atoms with Crippen LogP contribution in [0.2, 0.25) is 0 Å². The fraction of sp³-hybridized carbons (Fsp3) is 0.125. The van der Waals surface area contributed by atoms with Crippen LogP contribution in [0.3, 0.4) is 0 Å². The van der Waals surface area contributed by atoms with E-state index in [-0.39, 0.29) is 5.69 Å². The molecule has 0 aliphatic heterocycles. The highest BCUT2D eigenvalue weighted by molar-refractivity contribution is 7.80. The van der Waals surface area contributed by atoms with Crippen molar-refractivity contribution in [3.63, 3.8) is 0 Å². The van der Waals surface area contributed by atoms with Crippen molar-refractivity contribution in [2.75, 3.05) is 19.0 Å². The number of hydrogen-bond acceptors (Lipinski definition) is 5. The van der Waals surface area contributed by atoms with Crippen LogP contribution in [0.25, 0.3) is 0 Å². The first-order chi connectivity index (χ1) is 11.5. The zero-order valence-corrected chi connectivity index (χ0v) is 14.1. The Hall–Kier alpha value is -3.00. The van der Waals surface area contributed by atoms with Gasteiger partial charge in [0, 0.05) is 31.4 Å². The molecule has 0 atom stereocenters. The molecule has 8 heteroatoms. The molecular formula is C16H17N5O2S. The summed E-state index contributed by atoms with van der Waals surface area (Å²) in [5.74, 6) is 0. The monoisotopic (exact) mass is 343 g/mol. The van der Waals surface area contributed by atoms with E-state index in [9.17, 15) is 10.1 Å². The van der Waals surface area contributed by atoms with E-state index >= 15 is 0 Å². The smallest absolute Gasteiger partial charge is 0.293 e. The van der Waals surface area contributed by atoms with Crippen molar-refractivity contribution >= 4 is 40.6 Å². The van der Waals surface area contributed by atoms with Crippen molar-refractivity contribution in [2.24, 2.45) is 5.10 Å². The number of nitrogens with zero attached hydrogens (tertiary/aromatic N) is 3.